The van der Waals surface area contributed by atoms with Gasteiger partial charge in [-0.25, -0.2) is 4.79 Å². The predicted octanol–water partition coefficient (Wildman–Crippen LogP) is 1.11. The van der Waals surface area contributed by atoms with E-state index in [1.165, 1.54) is 0 Å². The standard InChI is InChI=1S/C18H19NO3.C6H13NO2.BH3O2/c20-17(12-11-14-7-3-1-4-8-14)19-16(18(21)22)13-15-9-5-2-6-10-15;1-4(2)3-5(7)6(8)9;2-1-3/h1-10,16H,11-13H2,(H,19,20)(H,21,22);4-5H,3,7H2,1-2H3,(H,8,9);1-3H/t16-;5-;/m00./s1. The molecule has 7 N–H and O–H groups in total. The number of rotatable bonds is 10. The van der Waals surface area contributed by atoms with E-state index < -0.39 is 31.7 Å². The third kappa shape index (κ3) is 15.6. The Labute approximate surface area is 200 Å². The van der Waals surface area contributed by atoms with Gasteiger partial charge in [0, 0.05) is 12.8 Å². The van der Waals surface area contributed by atoms with Gasteiger partial charge in [-0.3, -0.25) is 9.59 Å². The summed E-state index contributed by atoms with van der Waals surface area (Å²) < 4.78 is 0. The van der Waals surface area contributed by atoms with E-state index in [2.05, 4.69) is 5.32 Å². The SMILES string of the molecule is CC(C)C[C@H](N)C(=O)O.O=C(CCc1ccccc1)N[C@@H](Cc1ccccc1)C(=O)O.OBO. The molecular formula is C24H35BN2O7. The molecule has 0 saturated heterocycles. The highest BCUT2D eigenvalue weighted by molar-refractivity contribution is 6.13. The summed E-state index contributed by atoms with van der Waals surface area (Å²) in [5.74, 6) is -1.82. The predicted molar refractivity (Wildman–Crippen MR) is 131 cm³/mol. The molecule has 0 aliphatic heterocycles. The number of carbonyl (C=O) groups is 3. The van der Waals surface area contributed by atoms with Gasteiger partial charge in [0.15, 0.2) is 0 Å². The third-order valence-electron chi connectivity index (χ3n) is 4.44. The number of aryl methyl sites for hydroxylation is 1. The van der Waals surface area contributed by atoms with Crippen molar-refractivity contribution in [2.24, 2.45) is 11.7 Å². The van der Waals surface area contributed by atoms with E-state index in [1.54, 1.807) is 0 Å². The summed E-state index contributed by atoms with van der Waals surface area (Å²) in [5, 5.41) is 34.4. The zero-order valence-corrected chi connectivity index (χ0v) is 19.6. The highest BCUT2D eigenvalue weighted by atomic mass is 16.4. The van der Waals surface area contributed by atoms with Crippen LogP contribution in [0.25, 0.3) is 0 Å². The van der Waals surface area contributed by atoms with Crippen LogP contribution in [0.1, 0.15) is 37.8 Å². The first kappa shape index (κ1) is 30.8. The largest absolute Gasteiger partial charge is 0.480 e. The van der Waals surface area contributed by atoms with Crippen LogP contribution in [-0.2, 0) is 27.2 Å². The fraction of sp³-hybridized carbons (Fsp3) is 0.375. The molecule has 0 aromatic heterocycles. The maximum Gasteiger partial charge on any atom is 0.432 e. The van der Waals surface area contributed by atoms with Crippen molar-refractivity contribution >= 4 is 25.5 Å². The lowest BCUT2D eigenvalue weighted by Gasteiger charge is -2.14. The highest BCUT2D eigenvalue weighted by Gasteiger charge is 2.20. The number of amides is 1. The molecule has 0 bridgehead atoms. The second-order valence-corrected chi connectivity index (χ2v) is 7.85. The molecule has 9 nitrogen and oxygen atoms in total. The van der Waals surface area contributed by atoms with E-state index in [1.807, 2.05) is 74.5 Å². The van der Waals surface area contributed by atoms with Gasteiger partial charge in [0.05, 0.1) is 0 Å². The Bertz CT molecular complexity index is 836. The summed E-state index contributed by atoms with van der Waals surface area (Å²) in [6.45, 7) is 3.89. The van der Waals surface area contributed by atoms with E-state index in [-0.39, 0.29) is 18.7 Å². The van der Waals surface area contributed by atoms with Crippen molar-refractivity contribution in [3.05, 3.63) is 71.8 Å². The van der Waals surface area contributed by atoms with Crippen LogP contribution in [0.15, 0.2) is 60.7 Å². The van der Waals surface area contributed by atoms with Gasteiger partial charge in [-0.2, -0.15) is 0 Å². The number of hydrogen-bond donors (Lipinski definition) is 6. The molecule has 10 heteroatoms. The molecule has 34 heavy (non-hydrogen) atoms. The Kier molecular flexibility index (Phi) is 16.5. The summed E-state index contributed by atoms with van der Waals surface area (Å²) >= 11 is 0. The van der Waals surface area contributed by atoms with Crippen molar-refractivity contribution in [2.45, 2.75) is 51.6 Å². The van der Waals surface area contributed by atoms with Crippen LogP contribution < -0.4 is 11.1 Å². The lowest BCUT2D eigenvalue weighted by atomic mass is 10.1. The number of nitrogens with one attached hydrogen (secondary N) is 1. The Balaban J connectivity index is 0.000000759. The first-order valence-corrected chi connectivity index (χ1v) is 10.9. The minimum Gasteiger partial charge on any atom is -0.480 e. The van der Waals surface area contributed by atoms with E-state index in [0.29, 0.717) is 18.8 Å². The van der Waals surface area contributed by atoms with Crippen LogP contribution in [0, 0.1) is 5.92 Å². The normalized spacial score (nSPS) is 11.6. The third-order valence-corrected chi connectivity index (χ3v) is 4.44. The molecule has 0 aliphatic carbocycles. The number of carboxylic acid groups (broad SMARTS) is 2. The van der Waals surface area contributed by atoms with Gasteiger partial charge in [-0.05, 0) is 29.9 Å². The number of benzene rings is 2. The smallest absolute Gasteiger partial charge is 0.432 e. The van der Waals surface area contributed by atoms with E-state index >= 15 is 0 Å². The van der Waals surface area contributed by atoms with Crippen molar-refractivity contribution in [3.63, 3.8) is 0 Å². The second-order valence-electron chi connectivity index (χ2n) is 7.85. The van der Waals surface area contributed by atoms with Gasteiger partial charge in [0.1, 0.15) is 12.1 Å². The summed E-state index contributed by atoms with van der Waals surface area (Å²) in [5.41, 5.74) is 7.17. The topological polar surface area (TPSA) is 170 Å². The zero-order chi connectivity index (χ0) is 25.9. The molecule has 0 aliphatic rings. The molecule has 186 valence electrons. The molecule has 2 aromatic rings. The Hall–Kier alpha value is -3.21. The minimum absolute atomic E-state index is 0.243. The van der Waals surface area contributed by atoms with Crippen LogP contribution in [0.2, 0.25) is 0 Å². The van der Waals surface area contributed by atoms with Crippen molar-refractivity contribution < 1.29 is 34.6 Å². The lowest BCUT2D eigenvalue weighted by Crippen LogP contribution is -2.42. The fourth-order valence-corrected chi connectivity index (χ4v) is 2.83. The molecule has 0 unspecified atom stereocenters. The van der Waals surface area contributed by atoms with E-state index in [0.717, 1.165) is 11.1 Å². The lowest BCUT2D eigenvalue weighted by molar-refractivity contribution is -0.141. The molecule has 2 aromatic carbocycles. The molecule has 2 rings (SSSR count). The zero-order valence-electron chi connectivity index (χ0n) is 19.6. The quantitative estimate of drug-likeness (QED) is 0.278. The summed E-state index contributed by atoms with van der Waals surface area (Å²) in [4.78, 5) is 33.4. The number of hydrogen-bond acceptors (Lipinski definition) is 6. The van der Waals surface area contributed by atoms with Crippen molar-refractivity contribution in [3.8, 4) is 0 Å². The highest BCUT2D eigenvalue weighted by Crippen LogP contribution is 2.06. The van der Waals surface area contributed by atoms with Gasteiger partial charge in [0.2, 0.25) is 5.91 Å². The Morgan fingerprint density at radius 3 is 1.74 bits per heavy atom. The Morgan fingerprint density at radius 1 is 0.882 bits per heavy atom. The molecular weight excluding hydrogens is 439 g/mol. The van der Waals surface area contributed by atoms with Crippen LogP contribution in [0.5, 0.6) is 0 Å². The first-order chi connectivity index (χ1) is 16.1. The van der Waals surface area contributed by atoms with Crippen molar-refractivity contribution in [1.29, 1.82) is 0 Å². The molecule has 0 heterocycles. The van der Waals surface area contributed by atoms with E-state index in [9.17, 15) is 19.5 Å². The van der Waals surface area contributed by atoms with Crippen LogP contribution in [0.3, 0.4) is 0 Å². The van der Waals surface area contributed by atoms with Gasteiger partial charge in [0.25, 0.3) is 0 Å². The van der Waals surface area contributed by atoms with Crippen LogP contribution in [-0.4, -0.2) is 57.9 Å². The van der Waals surface area contributed by atoms with Crippen molar-refractivity contribution in [2.75, 3.05) is 0 Å². The fourth-order valence-electron chi connectivity index (χ4n) is 2.83. The number of nitrogens with two attached hydrogens (primary N) is 1. The van der Waals surface area contributed by atoms with E-state index in [4.69, 9.17) is 20.9 Å². The molecule has 0 radical (unpaired) electrons. The minimum atomic E-state index is -1.02. The van der Waals surface area contributed by atoms with Gasteiger partial charge in [-0.15, -0.1) is 0 Å². The summed E-state index contributed by atoms with van der Waals surface area (Å²) in [6.07, 6.45) is 1.72. The number of carbonyl (C=O) groups excluding carboxylic acids is 1. The number of carboxylic acids is 2. The van der Waals surface area contributed by atoms with Gasteiger partial charge < -0.3 is 31.3 Å². The van der Waals surface area contributed by atoms with Gasteiger partial charge >= 0.3 is 19.6 Å². The van der Waals surface area contributed by atoms with Crippen molar-refractivity contribution in [1.82, 2.24) is 5.32 Å². The monoisotopic (exact) mass is 474 g/mol. The molecule has 0 spiro atoms. The maximum absolute atomic E-state index is 11.9. The van der Waals surface area contributed by atoms with Crippen LogP contribution >= 0.6 is 0 Å². The maximum atomic E-state index is 11.9. The average molecular weight is 474 g/mol. The molecule has 0 fully saturated rings. The molecule has 0 saturated carbocycles. The second kappa shape index (κ2) is 18.2. The molecule has 1 amide bonds. The molecule has 2 atom stereocenters. The Morgan fingerprint density at radius 2 is 1.35 bits per heavy atom. The summed E-state index contributed by atoms with van der Waals surface area (Å²) in [7, 11) is -0.750. The van der Waals surface area contributed by atoms with Gasteiger partial charge in [-0.1, -0.05) is 74.5 Å². The summed E-state index contributed by atoms with van der Waals surface area (Å²) in [6, 6.07) is 17.4. The number of aliphatic carboxylic acids is 2. The first-order valence-electron chi connectivity index (χ1n) is 10.9. The average Bonchev–Trinajstić information content (AvgIpc) is 2.79. The van der Waals surface area contributed by atoms with Crippen LogP contribution in [0.4, 0.5) is 0 Å².